The number of rotatable bonds is 12. The van der Waals surface area contributed by atoms with E-state index in [2.05, 4.69) is 160 Å². The average molecular weight is 1730 g/mol. The van der Waals surface area contributed by atoms with Gasteiger partial charge in [-0.25, -0.2) is 58.0 Å². The van der Waals surface area contributed by atoms with Gasteiger partial charge >= 0.3 is 50.3 Å². The molecule has 0 N–H and O–H groups in total. The van der Waals surface area contributed by atoms with Crippen molar-refractivity contribution in [2.24, 2.45) is 0 Å². The topological polar surface area (TPSA) is 262 Å². The van der Waals surface area contributed by atoms with Crippen molar-refractivity contribution in [1.29, 1.82) is 0 Å². The van der Waals surface area contributed by atoms with Crippen LogP contribution in [0.3, 0.4) is 0 Å². The molecular formula is C94H92Co3N24+8. The van der Waals surface area contributed by atoms with Crippen LogP contribution in [0.1, 0.15) is 89.5 Å². The third-order valence-electron chi connectivity index (χ3n) is 18.2. The Labute approximate surface area is 736 Å². The van der Waals surface area contributed by atoms with Crippen LogP contribution in [-0.2, 0) is 50.3 Å². The van der Waals surface area contributed by atoms with Gasteiger partial charge < -0.3 is 0 Å². The van der Waals surface area contributed by atoms with Crippen molar-refractivity contribution in [3.8, 4) is 103 Å². The minimum Gasteiger partial charge on any atom is -0.255 e. The molecule has 0 amide bonds. The summed E-state index contributed by atoms with van der Waals surface area (Å²) in [4.78, 5) is 54.3. The maximum absolute atomic E-state index is 4.73. The van der Waals surface area contributed by atoms with E-state index in [9.17, 15) is 0 Å². The molecule has 18 aromatic rings. The molecule has 0 atom stereocenters. The molecule has 0 spiro atoms. The van der Waals surface area contributed by atoms with Crippen molar-refractivity contribution in [1.82, 2.24) is 118 Å². The van der Waals surface area contributed by atoms with E-state index in [1.807, 2.05) is 284 Å². The summed E-state index contributed by atoms with van der Waals surface area (Å²) >= 11 is 0. The number of aromatic nitrogens is 24. The second-order valence-electron chi connectivity index (χ2n) is 29.1. The molecule has 27 heteroatoms. The Bertz CT molecular complexity index is 5800. The van der Waals surface area contributed by atoms with Gasteiger partial charge in [0.1, 0.15) is 0 Å². The Balaban J connectivity index is 0.000000152. The molecule has 0 aliphatic carbocycles. The van der Waals surface area contributed by atoms with Crippen LogP contribution in [0.5, 0.6) is 0 Å². The monoisotopic (exact) mass is 1730 g/mol. The first kappa shape index (κ1) is 89.9. The SMILES string of the molecule is Cc1ccnc(-c2cc(C)cc(-n3cccn3)n2)c1.Cc1ccnc(-c2cc(C)cc(-n3cccn3)n2)c1.Cc1ccnc(-c2cc(C)cc(-n3cccn3)n2)c1.Cc1ccnc(-c2cc(C)cc(-n3cccn3)n2)c1.Cc1ccnc(-c2cc(C)cc(-n3nc(C)cc3C)n2)c1.Cc1ccnc(-c2cc(C)cc(-n3nc(C)cc3C)n2)c1.[Co+2].[Co+3].[Co+3]. The average Bonchev–Trinajstić information content (AvgIpc) is 1.84. The normalized spacial score (nSPS) is 10.4. The van der Waals surface area contributed by atoms with Crippen LogP contribution < -0.4 is 0 Å². The summed E-state index contributed by atoms with van der Waals surface area (Å²) in [6.07, 6.45) is 25.4. The van der Waals surface area contributed by atoms with Gasteiger partial charge in [-0.1, -0.05) is 0 Å². The number of pyridine rings is 12. The van der Waals surface area contributed by atoms with Crippen LogP contribution in [0.2, 0.25) is 0 Å². The predicted molar refractivity (Wildman–Crippen MR) is 463 cm³/mol. The molecule has 0 saturated heterocycles. The van der Waals surface area contributed by atoms with Gasteiger partial charge in [0.05, 0.1) is 79.7 Å². The molecule has 0 saturated carbocycles. The third kappa shape index (κ3) is 24.4. The predicted octanol–water partition coefficient (Wildman–Crippen LogP) is 18.9. The molecule has 1 radical (unpaired) electrons. The van der Waals surface area contributed by atoms with Gasteiger partial charge in [0.2, 0.25) is 0 Å². The molecule has 18 heterocycles. The molecule has 121 heavy (non-hydrogen) atoms. The zero-order valence-electron chi connectivity index (χ0n) is 70.1. The molecule has 0 aromatic carbocycles. The second-order valence-corrected chi connectivity index (χ2v) is 29.1. The summed E-state index contributed by atoms with van der Waals surface area (Å²) in [5.41, 5.74) is 28.6. The van der Waals surface area contributed by atoms with Crippen LogP contribution in [-0.4, -0.2) is 118 Å². The minimum absolute atomic E-state index is 0. The van der Waals surface area contributed by atoms with E-state index in [4.69, 9.17) is 9.97 Å². The van der Waals surface area contributed by atoms with Crippen LogP contribution >= 0.6 is 0 Å². The largest absolute Gasteiger partial charge is 3.00 e. The van der Waals surface area contributed by atoms with Gasteiger partial charge in [-0.3, -0.25) is 29.9 Å². The first-order valence-electron chi connectivity index (χ1n) is 38.5. The van der Waals surface area contributed by atoms with Gasteiger partial charge in [0, 0.05) is 98.1 Å². The Morgan fingerprint density at radius 2 is 0.380 bits per heavy atom. The van der Waals surface area contributed by atoms with Crippen molar-refractivity contribution >= 4 is 0 Å². The fraction of sp³-hybridized carbons (Fsp3) is 0.170. The quantitative estimate of drug-likeness (QED) is 0.110. The summed E-state index contributed by atoms with van der Waals surface area (Å²) < 4.78 is 10.8. The maximum Gasteiger partial charge on any atom is 3.00 e. The Hall–Kier alpha value is -13.4. The molecule has 0 aliphatic rings. The molecule has 18 aromatic heterocycles. The standard InChI is InChI=1S/2C17H18N4.4C15H14N4.3Co/c2*1-11-5-6-18-15(7-11)16-8-12(2)9-17(19-16)21-14(4)10-13(3)20-21;4*1-11-4-6-16-13(8-11)14-9-12(2)10-15(18-14)19-7-3-5-17-19;;;/h2*5-10H,1-4H3;4*3-10H,1-2H3;;;/q;;;;;;+2;2*+3. The van der Waals surface area contributed by atoms with Gasteiger partial charge in [0.25, 0.3) is 0 Å². The van der Waals surface area contributed by atoms with Gasteiger partial charge in [0.15, 0.2) is 34.9 Å². The van der Waals surface area contributed by atoms with Crippen LogP contribution in [0, 0.1) is 111 Å². The second kappa shape index (κ2) is 41.8. The van der Waals surface area contributed by atoms with Crippen molar-refractivity contribution in [2.45, 2.75) is 111 Å². The zero-order valence-corrected chi connectivity index (χ0v) is 73.3. The number of aryl methyl sites for hydroxylation is 16. The number of hydrogen-bond donors (Lipinski definition) is 0. The Morgan fingerprint density at radius 3 is 0.545 bits per heavy atom. The van der Waals surface area contributed by atoms with Crippen molar-refractivity contribution in [2.75, 3.05) is 0 Å². The summed E-state index contributed by atoms with van der Waals surface area (Å²) in [6, 6.07) is 60.1. The Morgan fingerprint density at radius 1 is 0.198 bits per heavy atom. The van der Waals surface area contributed by atoms with E-state index in [1.165, 1.54) is 33.4 Å². The molecule has 18 rings (SSSR count). The van der Waals surface area contributed by atoms with Crippen molar-refractivity contribution in [3.05, 3.63) is 358 Å². The fourth-order valence-electron chi connectivity index (χ4n) is 12.8. The van der Waals surface area contributed by atoms with E-state index < -0.39 is 0 Å². The van der Waals surface area contributed by atoms with E-state index in [1.54, 1.807) is 43.5 Å². The summed E-state index contributed by atoms with van der Waals surface area (Å²) in [5.74, 6) is 4.90. The first-order valence-corrected chi connectivity index (χ1v) is 38.5. The van der Waals surface area contributed by atoms with Crippen LogP contribution in [0.4, 0.5) is 0 Å². The maximum atomic E-state index is 4.73. The minimum atomic E-state index is 0. The van der Waals surface area contributed by atoms with E-state index in [0.717, 1.165) is 159 Å². The molecule has 0 unspecified atom stereocenters. The van der Waals surface area contributed by atoms with Gasteiger partial charge in [-0.2, -0.15) is 30.6 Å². The number of hydrogen-bond acceptors (Lipinski definition) is 18. The van der Waals surface area contributed by atoms with E-state index >= 15 is 0 Å². The van der Waals surface area contributed by atoms with Crippen LogP contribution in [0.15, 0.2) is 269 Å². The third-order valence-corrected chi connectivity index (χ3v) is 18.2. The molecule has 0 fully saturated rings. The molecule has 607 valence electrons. The zero-order chi connectivity index (χ0) is 82.9. The molecule has 0 bridgehead atoms. The number of nitrogens with zero attached hydrogens (tertiary/aromatic N) is 24. The summed E-state index contributed by atoms with van der Waals surface area (Å²) in [5, 5.41) is 25.9. The van der Waals surface area contributed by atoms with Crippen molar-refractivity contribution in [3.63, 3.8) is 0 Å². The smallest absolute Gasteiger partial charge is 0.255 e. The van der Waals surface area contributed by atoms with Crippen LogP contribution in [0.25, 0.3) is 103 Å². The molecule has 24 nitrogen and oxygen atoms in total. The van der Waals surface area contributed by atoms with Gasteiger partial charge in [-0.05, 0) is 360 Å². The summed E-state index contributed by atoms with van der Waals surface area (Å²) in [6.45, 7) is 32.7. The van der Waals surface area contributed by atoms with Gasteiger partial charge in [-0.15, -0.1) is 0 Å². The van der Waals surface area contributed by atoms with Crippen molar-refractivity contribution < 1.29 is 50.3 Å². The molecule has 0 aliphatic heterocycles. The summed E-state index contributed by atoms with van der Waals surface area (Å²) in [7, 11) is 0. The van der Waals surface area contributed by atoms with E-state index in [0.29, 0.717) is 0 Å². The van der Waals surface area contributed by atoms with E-state index in [-0.39, 0.29) is 50.3 Å². The fourth-order valence-corrected chi connectivity index (χ4v) is 12.8. The first-order chi connectivity index (χ1) is 56.9. The molecular weight excluding hydrogens is 1640 g/mol. The Kier molecular flexibility index (Phi) is 31.1.